The topological polar surface area (TPSA) is 68.0 Å². The zero-order valence-corrected chi connectivity index (χ0v) is 11.1. The number of amides is 1. The van der Waals surface area contributed by atoms with E-state index >= 15 is 0 Å². The second kappa shape index (κ2) is 5.52. The van der Waals surface area contributed by atoms with E-state index in [1.807, 2.05) is 38.1 Å². The molecule has 0 unspecified atom stereocenters. The molecule has 1 aromatic carbocycles. The number of pyridine rings is 1. The number of anilines is 1. The second-order valence-corrected chi connectivity index (χ2v) is 4.54. The summed E-state index contributed by atoms with van der Waals surface area (Å²) in [6.45, 7) is 4.26. The van der Waals surface area contributed by atoms with E-state index in [0.29, 0.717) is 17.8 Å². The van der Waals surface area contributed by atoms with Gasteiger partial charge in [0.2, 0.25) is 0 Å². The van der Waals surface area contributed by atoms with Gasteiger partial charge in [0.05, 0.1) is 17.8 Å². The lowest BCUT2D eigenvalue weighted by molar-refractivity contribution is 0.0951. The maximum atomic E-state index is 12.0. The largest absolute Gasteiger partial charge is 0.398 e. The molecule has 98 valence electrons. The molecule has 4 heteroatoms. The van der Waals surface area contributed by atoms with Gasteiger partial charge in [0, 0.05) is 11.4 Å². The Morgan fingerprint density at radius 3 is 2.74 bits per heavy atom. The van der Waals surface area contributed by atoms with Crippen molar-refractivity contribution in [3.05, 3.63) is 58.9 Å². The number of nitrogens with two attached hydrogens (primary N) is 1. The van der Waals surface area contributed by atoms with Crippen molar-refractivity contribution in [2.45, 2.75) is 20.4 Å². The first-order chi connectivity index (χ1) is 9.06. The van der Waals surface area contributed by atoms with Crippen LogP contribution in [0.25, 0.3) is 0 Å². The zero-order chi connectivity index (χ0) is 13.8. The molecular formula is C15H17N3O. The third kappa shape index (κ3) is 3.31. The van der Waals surface area contributed by atoms with Crippen molar-refractivity contribution in [3.63, 3.8) is 0 Å². The van der Waals surface area contributed by atoms with Crippen molar-refractivity contribution in [2.75, 3.05) is 5.73 Å². The average molecular weight is 255 g/mol. The first kappa shape index (κ1) is 13.1. The Kier molecular flexibility index (Phi) is 3.80. The van der Waals surface area contributed by atoms with Crippen LogP contribution in [0.4, 0.5) is 5.69 Å². The van der Waals surface area contributed by atoms with Crippen LogP contribution in [0.5, 0.6) is 0 Å². The van der Waals surface area contributed by atoms with Gasteiger partial charge in [0.1, 0.15) is 0 Å². The van der Waals surface area contributed by atoms with Gasteiger partial charge in [-0.25, -0.2) is 0 Å². The van der Waals surface area contributed by atoms with Gasteiger partial charge < -0.3 is 11.1 Å². The molecule has 0 aliphatic heterocycles. The van der Waals surface area contributed by atoms with E-state index in [4.69, 9.17) is 5.73 Å². The molecule has 1 heterocycles. The predicted molar refractivity (Wildman–Crippen MR) is 75.7 cm³/mol. The molecule has 0 spiro atoms. The quantitative estimate of drug-likeness (QED) is 0.826. The second-order valence-electron chi connectivity index (χ2n) is 4.54. The van der Waals surface area contributed by atoms with Gasteiger partial charge in [0.15, 0.2) is 0 Å². The molecule has 2 aromatic rings. The monoisotopic (exact) mass is 255 g/mol. The molecule has 0 saturated heterocycles. The van der Waals surface area contributed by atoms with Crippen LogP contribution in [0.1, 0.15) is 27.3 Å². The summed E-state index contributed by atoms with van der Waals surface area (Å²) in [5, 5.41) is 2.82. The van der Waals surface area contributed by atoms with E-state index in [2.05, 4.69) is 10.3 Å². The van der Waals surface area contributed by atoms with Gasteiger partial charge in [0.25, 0.3) is 5.91 Å². The number of hydrogen-bond donors (Lipinski definition) is 2. The summed E-state index contributed by atoms with van der Waals surface area (Å²) in [6, 6.07) is 11.1. The third-order valence-corrected chi connectivity index (χ3v) is 2.83. The van der Waals surface area contributed by atoms with E-state index in [-0.39, 0.29) is 5.91 Å². The van der Waals surface area contributed by atoms with Crippen LogP contribution in [0.3, 0.4) is 0 Å². The minimum atomic E-state index is -0.180. The number of nitrogens with one attached hydrogen (secondary N) is 1. The van der Waals surface area contributed by atoms with Crippen molar-refractivity contribution in [2.24, 2.45) is 0 Å². The lowest BCUT2D eigenvalue weighted by atomic mass is 10.1. The van der Waals surface area contributed by atoms with E-state index < -0.39 is 0 Å². The molecule has 1 aromatic heterocycles. The van der Waals surface area contributed by atoms with Crippen LogP contribution >= 0.6 is 0 Å². The molecule has 0 aliphatic rings. The number of rotatable bonds is 3. The molecular weight excluding hydrogens is 238 g/mol. The molecule has 0 fully saturated rings. The lowest BCUT2D eigenvalue weighted by Crippen LogP contribution is -2.24. The van der Waals surface area contributed by atoms with Crippen molar-refractivity contribution in [1.29, 1.82) is 0 Å². The highest BCUT2D eigenvalue weighted by molar-refractivity contribution is 5.99. The highest BCUT2D eigenvalue weighted by Gasteiger charge is 2.09. The summed E-state index contributed by atoms with van der Waals surface area (Å²) in [6.07, 6.45) is 0. The van der Waals surface area contributed by atoms with Crippen LogP contribution in [0.15, 0.2) is 36.4 Å². The van der Waals surface area contributed by atoms with E-state index in [0.717, 1.165) is 17.0 Å². The first-order valence-electron chi connectivity index (χ1n) is 6.13. The normalized spacial score (nSPS) is 10.2. The van der Waals surface area contributed by atoms with Crippen LogP contribution in [-0.4, -0.2) is 10.9 Å². The molecule has 19 heavy (non-hydrogen) atoms. The van der Waals surface area contributed by atoms with Crippen LogP contribution in [0.2, 0.25) is 0 Å². The molecule has 3 N–H and O–H groups in total. The van der Waals surface area contributed by atoms with Crippen molar-refractivity contribution >= 4 is 11.6 Å². The summed E-state index contributed by atoms with van der Waals surface area (Å²) in [4.78, 5) is 16.3. The average Bonchev–Trinajstić information content (AvgIpc) is 2.36. The van der Waals surface area contributed by atoms with Gasteiger partial charge >= 0.3 is 0 Å². The highest BCUT2D eigenvalue weighted by atomic mass is 16.1. The predicted octanol–water partition coefficient (Wildman–Crippen LogP) is 2.21. The summed E-state index contributed by atoms with van der Waals surface area (Å²) in [5.74, 6) is -0.180. The van der Waals surface area contributed by atoms with Crippen molar-refractivity contribution < 1.29 is 4.79 Å². The Morgan fingerprint density at radius 2 is 2.05 bits per heavy atom. The fourth-order valence-corrected chi connectivity index (χ4v) is 1.85. The molecule has 0 aliphatic carbocycles. The number of carbonyl (C=O) groups excluding carboxylic acids is 1. The maximum Gasteiger partial charge on any atom is 0.253 e. The molecule has 2 rings (SSSR count). The Bertz CT molecular complexity index is 608. The number of aryl methyl sites for hydroxylation is 2. The van der Waals surface area contributed by atoms with E-state index in [1.165, 1.54) is 0 Å². The summed E-state index contributed by atoms with van der Waals surface area (Å²) in [7, 11) is 0. The SMILES string of the molecule is Cc1ccc(C(=O)NCc2cccc(C)n2)c(N)c1. The summed E-state index contributed by atoms with van der Waals surface area (Å²) in [5.41, 5.74) is 9.63. The summed E-state index contributed by atoms with van der Waals surface area (Å²) >= 11 is 0. The minimum absolute atomic E-state index is 0.180. The number of carbonyl (C=O) groups is 1. The number of nitrogens with zero attached hydrogens (tertiary/aromatic N) is 1. The highest BCUT2D eigenvalue weighted by Crippen LogP contribution is 2.13. The molecule has 0 radical (unpaired) electrons. The third-order valence-electron chi connectivity index (χ3n) is 2.83. The molecule has 0 bridgehead atoms. The first-order valence-corrected chi connectivity index (χ1v) is 6.13. The van der Waals surface area contributed by atoms with Gasteiger partial charge in [-0.3, -0.25) is 9.78 Å². The molecule has 0 atom stereocenters. The van der Waals surface area contributed by atoms with E-state index in [9.17, 15) is 4.79 Å². The molecule has 1 amide bonds. The maximum absolute atomic E-state index is 12.0. The van der Waals surface area contributed by atoms with Gasteiger partial charge in [-0.05, 0) is 43.7 Å². The van der Waals surface area contributed by atoms with Crippen LogP contribution in [-0.2, 0) is 6.54 Å². The Morgan fingerprint density at radius 1 is 1.26 bits per heavy atom. The minimum Gasteiger partial charge on any atom is -0.398 e. The Hall–Kier alpha value is -2.36. The number of nitrogen functional groups attached to an aromatic ring is 1. The van der Waals surface area contributed by atoms with Crippen molar-refractivity contribution in [3.8, 4) is 0 Å². The van der Waals surface area contributed by atoms with Gasteiger partial charge in [-0.15, -0.1) is 0 Å². The number of hydrogen-bond acceptors (Lipinski definition) is 3. The lowest BCUT2D eigenvalue weighted by Gasteiger charge is -2.08. The van der Waals surface area contributed by atoms with Crippen LogP contribution in [0, 0.1) is 13.8 Å². The van der Waals surface area contributed by atoms with Gasteiger partial charge in [-0.1, -0.05) is 12.1 Å². The Labute approximate surface area is 112 Å². The smallest absolute Gasteiger partial charge is 0.253 e. The van der Waals surface area contributed by atoms with E-state index in [1.54, 1.807) is 12.1 Å². The number of aromatic nitrogens is 1. The summed E-state index contributed by atoms with van der Waals surface area (Å²) < 4.78 is 0. The Balaban J connectivity index is 2.05. The fraction of sp³-hybridized carbons (Fsp3) is 0.200. The molecule has 0 saturated carbocycles. The number of benzene rings is 1. The zero-order valence-electron chi connectivity index (χ0n) is 11.1. The standard InChI is InChI=1S/C15H17N3O/c1-10-6-7-13(14(16)8-10)15(19)17-9-12-5-3-4-11(2)18-12/h3-8H,9,16H2,1-2H3,(H,17,19). The molecule has 4 nitrogen and oxygen atoms in total. The van der Waals surface area contributed by atoms with Gasteiger partial charge in [-0.2, -0.15) is 0 Å². The van der Waals surface area contributed by atoms with Crippen LogP contribution < -0.4 is 11.1 Å². The fourth-order valence-electron chi connectivity index (χ4n) is 1.85. The van der Waals surface area contributed by atoms with Crippen molar-refractivity contribution in [1.82, 2.24) is 10.3 Å².